The van der Waals surface area contributed by atoms with Crippen molar-refractivity contribution in [1.82, 2.24) is 4.31 Å². The molecule has 0 saturated carbocycles. The summed E-state index contributed by atoms with van der Waals surface area (Å²) in [4.78, 5) is 0.292. The quantitative estimate of drug-likeness (QED) is 0.890. The summed E-state index contributed by atoms with van der Waals surface area (Å²) in [5, 5.41) is 0. The molecule has 1 saturated heterocycles. The molecule has 1 fully saturated rings. The number of benzene rings is 1. The van der Waals surface area contributed by atoms with Crippen molar-refractivity contribution in [3.63, 3.8) is 0 Å². The zero-order valence-corrected chi connectivity index (χ0v) is 12.6. The number of nitrogens with two attached hydrogens (primary N) is 1. The van der Waals surface area contributed by atoms with E-state index in [0.29, 0.717) is 17.0 Å². The zero-order valence-electron chi connectivity index (χ0n) is 11.8. The second-order valence-electron chi connectivity index (χ2n) is 5.09. The largest absolute Gasteiger partial charge is 0.377 e. The molecule has 1 aromatic rings. The van der Waals surface area contributed by atoms with Crippen LogP contribution in [0.5, 0.6) is 0 Å². The summed E-state index contributed by atoms with van der Waals surface area (Å²) >= 11 is 0. The standard InChI is InChI=1S/C14H22N2O3S/c1-16(11-13-7-4-5-9-19-13)20(17,18)14-8-3-2-6-12(14)10-15/h2-3,6,8,13H,4-5,7,9-11,15H2,1H3. The molecule has 5 nitrogen and oxygen atoms in total. The summed E-state index contributed by atoms with van der Waals surface area (Å²) in [6, 6.07) is 6.87. The summed E-state index contributed by atoms with van der Waals surface area (Å²) in [7, 11) is -1.91. The van der Waals surface area contributed by atoms with Gasteiger partial charge in [0.05, 0.1) is 11.0 Å². The molecular weight excluding hydrogens is 276 g/mol. The normalized spacial score (nSPS) is 20.2. The molecule has 0 bridgehead atoms. The first-order valence-electron chi connectivity index (χ1n) is 6.91. The van der Waals surface area contributed by atoms with E-state index >= 15 is 0 Å². The first-order valence-corrected chi connectivity index (χ1v) is 8.35. The van der Waals surface area contributed by atoms with Gasteiger partial charge in [0.1, 0.15) is 0 Å². The Morgan fingerprint density at radius 2 is 2.10 bits per heavy atom. The Hall–Kier alpha value is -0.950. The van der Waals surface area contributed by atoms with Gasteiger partial charge >= 0.3 is 0 Å². The fraction of sp³-hybridized carbons (Fsp3) is 0.571. The molecule has 1 aromatic carbocycles. The first kappa shape index (κ1) is 15.4. The Morgan fingerprint density at radius 3 is 2.75 bits per heavy atom. The third kappa shape index (κ3) is 3.38. The van der Waals surface area contributed by atoms with Crippen LogP contribution in [0.3, 0.4) is 0 Å². The van der Waals surface area contributed by atoms with Crippen molar-refractivity contribution in [3.8, 4) is 0 Å². The predicted octanol–water partition coefficient (Wildman–Crippen LogP) is 1.33. The van der Waals surface area contributed by atoms with E-state index in [4.69, 9.17) is 10.5 Å². The maximum Gasteiger partial charge on any atom is 0.243 e. The molecule has 2 rings (SSSR count). The van der Waals surface area contributed by atoms with Gasteiger partial charge in [-0.3, -0.25) is 0 Å². The molecule has 6 heteroatoms. The van der Waals surface area contributed by atoms with Crippen LogP contribution in [-0.2, 0) is 21.3 Å². The average Bonchev–Trinajstić information content (AvgIpc) is 2.48. The summed E-state index contributed by atoms with van der Waals surface area (Å²) in [5.41, 5.74) is 6.27. The topological polar surface area (TPSA) is 72.6 Å². The molecule has 1 aliphatic rings. The van der Waals surface area contributed by atoms with Gasteiger partial charge in [0.25, 0.3) is 0 Å². The van der Waals surface area contributed by atoms with E-state index in [9.17, 15) is 8.42 Å². The maximum absolute atomic E-state index is 12.6. The van der Waals surface area contributed by atoms with Crippen LogP contribution in [0.2, 0.25) is 0 Å². The molecule has 1 heterocycles. The van der Waals surface area contributed by atoms with E-state index in [0.717, 1.165) is 25.9 Å². The second kappa shape index (κ2) is 6.67. The fourth-order valence-electron chi connectivity index (χ4n) is 2.43. The van der Waals surface area contributed by atoms with Crippen LogP contribution in [0.1, 0.15) is 24.8 Å². The van der Waals surface area contributed by atoms with Crippen molar-refractivity contribution in [1.29, 1.82) is 0 Å². The van der Waals surface area contributed by atoms with Gasteiger partial charge in [-0.25, -0.2) is 8.42 Å². The van der Waals surface area contributed by atoms with Crippen molar-refractivity contribution in [2.45, 2.75) is 36.8 Å². The molecule has 1 unspecified atom stereocenters. The third-order valence-electron chi connectivity index (χ3n) is 3.62. The third-order valence-corrected chi connectivity index (χ3v) is 5.54. The molecule has 0 aliphatic carbocycles. The van der Waals surface area contributed by atoms with Gasteiger partial charge in [-0.05, 0) is 30.9 Å². The number of sulfonamides is 1. The smallest absolute Gasteiger partial charge is 0.243 e. The number of nitrogens with zero attached hydrogens (tertiary/aromatic N) is 1. The van der Waals surface area contributed by atoms with Crippen LogP contribution in [-0.4, -0.2) is 39.0 Å². The molecule has 0 spiro atoms. The number of hydrogen-bond acceptors (Lipinski definition) is 4. The summed E-state index contributed by atoms with van der Waals surface area (Å²) in [6.07, 6.45) is 3.06. The van der Waals surface area contributed by atoms with Crippen LogP contribution >= 0.6 is 0 Å². The Balaban J connectivity index is 2.16. The monoisotopic (exact) mass is 298 g/mol. The highest BCUT2D eigenvalue weighted by molar-refractivity contribution is 7.89. The molecule has 1 atom stereocenters. The Labute approximate surface area is 120 Å². The highest BCUT2D eigenvalue weighted by atomic mass is 32.2. The van der Waals surface area contributed by atoms with E-state index in [1.54, 1.807) is 31.3 Å². The molecule has 1 aliphatic heterocycles. The maximum atomic E-state index is 12.6. The molecule has 0 radical (unpaired) electrons. The van der Waals surface area contributed by atoms with Crippen LogP contribution in [0, 0.1) is 0 Å². The predicted molar refractivity (Wildman–Crippen MR) is 77.7 cm³/mol. The molecular formula is C14H22N2O3S. The number of hydrogen-bond donors (Lipinski definition) is 1. The lowest BCUT2D eigenvalue weighted by Crippen LogP contribution is -2.37. The molecule has 0 amide bonds. The lowest BCUT2D eigenvalue weighted by Gasteiger charge is -2.27. The van der Waals surface area contributed by atoms with Crippen LogP contribution in [0.4, 0.5) is 0 Å². The number of ether oxygens (including phenoxy) is 1. The van der Waals surface area contributed by atoms with E-state index < -0.39 is 10.0 Å². The van der Waals surface area contributed by atoms with Gasteiger partial charge < -0.3 is 10.5 Å². The number of rotatable bonds is 5. The van der Waals surface area contributed by atoms with E-state index in [-0.39, 0.29) is 12.6 Å². The summed E-state index contributed by atoms with van der Waals surface area (Å²) < 4.78 is 32.2. The van der Waals surface area contributed by atoms with Crippen molar-refractivity contribution in [2.75, 3.05) is 20.2 Å². The van der Waals surface area contributed by atoms with Gasteiger partial charge in [0, 0.05) is 26.7 Å². The van der Waals surface area contributed by atoms with Crippen molar-refractivity contribution in [2.24, 2.45) is 5.73 Å². The zero-order chi connectivity index (χ0) is 14.6. The van der Waals surface area contributed by atoms with E-state index in [1.807, 2.05) is 0 Å². The van der Waals surface area contributed by atoms with Crippen molar-refractivity contribution >= 4 is 10.0 Å². The Kier molecular flexibility index (Phi) is 5.15. The van der Waals surface area contributed by atoms with Crippen molar-refractivity contribution in [3.05, 3.63) is 29.8 Å². The van der Waals surface area contributed by atoms with Crippen LogP contribution in [0.15, 0.2) is 29.2 Å². The summed E-state index contributed by atoms with van der Waals surface area (Å²) in [5.74, 6) is 0. The minimum atomic E-state index is -3.51. The highest BCUT2D eigenvalue weighted by Crippen LogP contribution is 2.21. The Morgan fingerprint density at radius 1 is 1.35 bits per heavy atom. The average molecular weight is 298 g/mol. The number of likely N-dealkylation sites (N-methyl/N-ethyl adjacent to an activating group) is 1. The Bertz CT molecular complexity index is 539. The minimum Gasteiger partial charge on any atom is -0.377 e. The van der Waals surface area contributed by atoms with Gasteiger partial charge in [0.15, 0.2) is 0 Å². The first-order chi connectivity index (χ1) is 9.55. The van der Waals surface area contributed by atoms with Crippen LogP contribution < -0.4 is 5.73 Å². The molecule has 2 N–H and O–H groups in total. The second-order valence-corrected chi connectivity index (χ2v) is 7.10. The fourth-order valence-corrected chi connectivity index (χ4v) is 3.86. The summed E-state index contributed by atoms with van der Waals surface area (Å²) in [6.45, 7) is 1.32. The van der Waals surface area contributed by atoms with E-state index in [1.165, 1.54) is 4.31 Å². The van der Waals surface area contributed by atoms with Gasteiger partial charge in [-0.15, -0.1) is 0 Å². The minimum absolute atomic E-state index is 0.00596. The lowest BCUT2D eigenvalue weighted by atomic mass is 10.1. The lowest BCUT2D eigenvalue weighted by molar-refractivity contribution is 0.00858. The molecule has 0 aromatic heterocycles. The highest BCUT2D eigenvalue weighted by Gasteiger charge is 2.26. The van der Waals surface area contributed by atoms with E-state index in [2.05, 4.69) is 0 Å². The molecule has 20 heavy (non-hydrogen) atoms. The van der Waals surface area contributed by atoms with Gasteiger partial charge in [-0.2, -0.15) is 4.31 Å². The SMILES string of the molecule is CN(CC1CCCCO1)S(=O)(=O)c1ccccc1CN. The van der Waals surface area contributed by atoms with Gasteiger partial charge in [0.2, 0.25) is 10.0 Å². The van der Waals surface area contributed by atoms with Crippen molar-refractivity contribution < 1.29 is 13.2 Å². The molecule has 112 valence electrons. The van der Waals surface area contributed by atoms with Crippen LogP contribution in [0.25, 0.3) is 0 Å². The van der Waals surface area contributed by atoms with Gasteiger partial charge in [-0.1, -0.05) is 18.2 Å².